The summed E-state index contributed by atoms with van der Waals surface area (Å²) in [6, 6.07) is 7.27. The van der Waals surface area contributed by atoms with Gasteiger partial charge in [-0.3, -0.25) is 9.79 Å². The maximum Gasteiger partial charge on any atom is 0.251 e. The van der Waals surface area contributed by atoms with Gasteiger partial charge in [0, 0.05) is 50.4 Å². The average Bonchev–Trinajstić information content (AvgIpc) is 3.47. The quantitative estimate of drug-likeness (QED) is 0.581. The molecule has 4 rings (SSSR count). The number of rotatable bonds is 4. The predicted molar refractivity (Wildman–Crippen MR) is 112 cm³/mol. The molecule has 1 atom stereocenters. The van der Waals surface area contributed by atoms with Crippen LogP contribution in [0.25, 0.3) is 11.4 Å². The number of amides is 1. The molecule has 1 N–H and O–H groups in total. The standard InChI is InChI=1S/C20H25ClN6O3/c1-22-20(27-10-8-26(9-11-27)19(28)16-3-2-12-29-16)23-13-17-24-18(25-30-17)14-4-6-15(21)7-5-14/h4-7,16H,2-3,8-13H2,1H3,(H,22,23). The maximum atomic E-state index is 12.5. The van der Waals surface area contributed by atoms with E-state index in [0.29, 0.717) is 56.1 Å². The molecular formula is C20H25ClN6O3. The summed E-state index contributed by atoms with van der Waals surface area (Å²) in [5.41, 5.74) is 0.839. The molecule has 9 nitrogen and oxygen atoms in total. The minimum atomic E-state index is -0.263. The zero-order valence-electron chi connectivity index (χ0n) is 16.9. The first-order valence-corrected chi connectivity index (χ1v) is 10.5. The topological polar surface area (TPSA) is 96.1 Å². The number of benzene rings is 1. The first-order chi connectivity index (χ1) is 14.6. The molecule has 0 bridgehead atoms. The van der Waals surface area contributed by atoms with E-state index >= 15 is 0 Å². The van der Waals surface area contributed by atoms with E-state index in [9.17, 15) is 4.79 Å². The fourth-order valence-electron chi connectivity index (χ4n) is 3.64. The summed E-state index contributed by atoms with van der Waals surface area (Å²) in [6.45, 7) is 3.77. The first kappa shape index (κ1) is 20.6. The largest absolute Gasteiger partial charge is 0.368 e. The molecule has 2 aliphatic heterocycles. The third kappa shape index (κ3) is 4.73. The zero-order valence-corrected chi connectivity index (χ0v) is 17.6. The Labute approximate surface area is 180 Å². The van der Waals surface area contributed by atoms with Gasteiger partial charge in [0.2, 0.25) is 11.7 Å². The van der Waals surface area contributed by atoms with Gasteiger partial charge in [-0.05, 0) is 37.1 Å². The number of ether oxygens (including phenoxy) is 1. The molecule has 2 aromatic rings. The van der Waals surface area contributed by atoms with E-state index in [-0.39, 0.29) is 12.0 Å². The number of carbonyl (C=O) groups excluding carboxylic acids is 1. The lowest BCUT2D eigenvalue weighted by atomic mass is 10.2. The van der Waals surface area contributed by atoms with Crippen molar-refractivity contribution in [2.24, 2.45) is 4.99 Å². The molecule has 0 spiro atoms. The predicted octanol–water partition coefficient (Wildman–Crippen LogP) is 1.79. The molecule has 0 aliphatic carbocycles. The van der Waals surface area contributed by atoms with E-state index in [4.69, 9.17) is 20.9 Å². The number of carbonyl (C=O) groups is 1. The molecule has 1 aromatic heterocycles. The highest BCUT2D eigenvalue weighted by molar-refractivity contribution is 6.30. The number of nitrogens with zero attached hydrogens (tertiary/aromatic N) is 5. The lowest BCUT2D eigenvalue weighted by Crippen LogP contribution is -2.55. The molecule has 2 aliphatic rings. The Kier molecular flexibility index (Phi) is 6.49. The van der Waals surface area contributed by atoms with Crippen molar-refractivity contribution in [1.82, 2.24) is 25.3 Å². The number of piperazine rings is 1. The van der Waals surface area contributed by atoms with Gasteiger partial charge in [-0.15, -0.1) is 0 Å². The van der Waals surface area contributed by atoms with Gasteiger partial charge in [-0.1, -0.05) is 16.8 Å². The fourth-order valence-corrected chi connectivity index (χ4v) is 3.77. The summed E-state index contributed by atoms with van der Waals surface area (Å²) in [5, 5.41) is 7.94. The smallest absolute Gasteiger partial charge is 0.251 e. The van der Waals surface area contributed by atoms with Crippen LogP contribution in [0.4, 0.5) is 0 Å². The van der Waals surface area contributed by atoms with Gasteiger partial charge in [0.05, 0.1) is 6.54 Å². The number of hydrogen-bond acceptors (Lipinski definition) is 6. The number of hydrogen-bond donors (Lipinski definition) is 1. The van der Waals surface area contributed by atoms with Crippen LogP contribution in [0, 0.1) is 0 Å². The average molecular weight is 433 g/mol. The van der Waals surface area contributed by atoms with Crippen LogP contribution < -0.4 is 5.32 Å². The van der Waals surface area contributed by atoms with Crippen LogP contribution in [-0.2, 0) is 16.1 Å². The van der Waals surface area contributed by atoms with Crippen LogP contribution in [-0.4, -0.2) is 77.7 Å². The number of nitrogens with one attached hydrogen (secondary N) is 1. The molecule has 1 aromatic carbocycles. The molecule has 0 saturated carbocycles. The minimum Gasteiger partial charge on any atom is -0.368 e. The Morgan fingerprint density at radius 3 is 2.63 bits per heavy atom. The van der Waals surface area contributed by atoms with Crippen LogP contribution in [0.5, 0.6) is 0 Å². The minimum absolute atomic E-state index is 0.107. The Bertz CT molecular complexity index is 886. The normalized spacial score (nSPS) is 19.9. The van der Waals surface area contributed by atoms with Gasteiger partial charge < -0.3 is 24.4 Å². The Balaban J connectivity index is 1.28. The van der Waals surface area contributed by atoms with Gasteiger partial charge in [-0.2, -0.15) is 4.98 Å². The molecule has 0 radical (unpaired) electrons. The lowest BCUT2D eigenvalue weighted by molar-refractivity contribution is -0.142. The van der Waals surface area contributed by atoms with E-state index in [0.717, 1.165) is 24.4 Å². The Morgan fingerprint density at radius 2 is 1.97 bits per heavy atom. The van der Waals surface area contributed by atoms with Crippen molar-refractivity contribution < 1.29 is 14.1 Å². The molecule has 30 heavy (non-hydrogen) atoms. The second-order valence-corrected chi connectivity index (χ2v) is 7.67. The van der Waals surface area contributed by atoms with Gasteiger partial charge in [0.15, 0.2) is 5.96 Å². The number of aliphatic imine (C=N–C) groups is 1. The van der Waals surface area contributed by atoms with Crippen LogP contribution in [0.2, 0.25) is 5.02 Å². The molecule has 3 heterocycles. The van der Waals surface area contributed by atoms with E-state index < -0.39 is 0 Å². The van der Waals surface area contributed by atoms with E-state index in [1.807, 2.05) is 17.0 Å². The lowest BCUT2D eigenvalue weighted by Gasteiger charge is -2.37. The van der Waals surface area contributed by atoms with Crippen LogP contribution in [0.3, 0.4) is 0 Å². The SMILES string of the molecule is CN=C(NCc1nc(-c2ccc(Cl)cc2)no1)N1CCN(C(=O)C2CCCO2)CC1. The van der Waals surface area contributed by atoms with E-state index in [1.165, 1.54) is 0 Å². The Morgan fingerprint density at radius 1 is 1.23 bits per heavy atom. The molecule has 2 fully saturated rings. The van der Waals surface area contributed by atoms with Crippen LogP contribution >= 0.6 is 11.6 Å². The fraction of sp³-hybridized carbons (Fsp3) is 0.500. The molecular weight excluding hydrogens is 408 g/mol. The zero-order chi connectivity index (χ0) is 20.9. The molecule has 1 amide bonds. The summed E-state index contributed by atoms with van der Waals surface area (Å²) in [6.07, 6.45) is 1.52. The third-order valence-corrected chi connectivity index (χ3v) is 5.53. The number of guanidine groups is 1. The summed E-state index contributed by atoms with van der Waals surface area (Å²) >= 11 is 5.92. The third-order valence-electron chi connectivity index (χ3n) is 5.28. The van der Waals surface area contributed by atoms with Crippen molar-refractivity contribution in [3.05, 3.63) is 35.2 Å². The van der Waals surface area contributed by atoms with Crippen molar-refractivity contribution in [3.8, 4) is 11.4 Å². The summed E-state index contributed by atoms with van der Waals surface area (Å²) in [4.78, 5) is 25.3. The summed E-state index contributed by atoms with van der Waals surface area (Å²) in [7, 11) is 1.74. The first-order valence-electron chi connectivity index (χ1n) is 10.1. The molecule has 1 unspecified atom stereocenters. The maximum absolute atomic E-state index is 12.5. The van der Waals surface area contributed by atoms with E-state index in [2.05, 4.69) is 25.3 Å². The van der Waals surface area contributed by atoms with Crippen molar-refractivity contribution in [1.29, 1.82) is 0 Å². The van der Waals surface area contributed by atoms with Crippen LogP contribution in [0.1, 0.15) is 18.7 Å². The van der Waals surface area contributed by atoms with Crippen LogP contribution in [0.15, 0.2) is 33.8 Å². The van der Waals surface area contributed by atoms with Crippen molar-refractivity contribution >= 4 is 23.5 Å². The number of aromatic nitrogens is 2. The van der Waals surface area contributed by atoms with Crippen molar-refractivity contribution in [2.45, 2.75) is 25.5 Å². The van der Waals surface area contributed by atoms with E-state index in [1.54, 1.807) is 19.2 Å². The van der Waals surface area contributed by atoms with Gasteiger partial charge in [-0.25, -0.2) is 0 Å². The molecule has 2 saturated heterocycles. The second-order valence-electron chi connectivity index (χ2n) is 7.23. The summed E-state index contributed by atoms with van der Waals surface area (Å²) < 4.78 is 10.9. The summed E-state index contributed by atoms with van der Waals surface area (Å²) in [5.74, 6) is 1.83. The number of halogens is 1. The van der Waals surface area contributed by atoms with Gasteiger partial charge in [0.1, 0.15) is 6.10 Å². The molecule has 160 valence electrons. The highest BCUT2D eigenvalue weighted by atomic mass is 35.5. The Hall–Kier alpha value is -2.65. The second kappa shape index (κ2) is 9.44. The van der Waals surface area contributed by atoms with Gasteiger partial charge >= 0.3 is 0 Å². The van der Waals surface area contributed by atoms with Crippen molar-refractivity contribution in [2.75, 3.05) is 39.8 Å². The highest BCUT2D eigenvalue weighted by Gasteiger charge is 2.30. The monoisotopic (exact) mass is 432 g/mol. The highest BCUT2D eigenvalue weighted by Crippen LogP contribution is 2.19. The molecule has 10 heteroatoms. The van der Waals surface area contributed by atoms with Crippen molar-refractivity contribution in [3.63, 3.8) is 0 Å². The van der Waals surface area contributed by atoms with Gasteiger partial charge in [0.25, 0.3) is 5.91 Å².